The highest BCUT2D eigenvalue weighted by molar-refractivity contribution is 5.71. The lowest BCUT2D eigenvalue weighted by atomic mass is 10.0. The molecule has 0 aromatic rings. The quantitative estimate of drug-likeness (QED) is 0.0282. The number of carboxylic acids is 1. The summed E-state index contributed by atoms with van der Waals surface area (Å²) in [6, 6.07) is 0. The van der Waals surface area contributed by atoms with Crippen molar-refractivity contribution in [3.8, 4) is 0 Å². The van der Waals surface area contributed by atoms with Crippen molar-refractivity contribution in [1.82, 2.24) is 0 Å². The molecule has 1 N–H and O–H groups in total. The average molecular weight is 785 g/mol. The molecule has 0 saturated carbocycles. The summed E-state index contributed by atoms with van der Waals surface area (Å²) in [5.74, 6) is -1.99. The van der Waals surface area contributed by atoms with Crippen molar-refractivity contribution in [3.63, 3.8) is 0 Å². The van der Waals surface area contributed by atoms with E-state index in [1.807, 2.05) is 21.1 Å². The van der Waals surface area contributed by atoms with Crippen molar-refractivity contribution in [2.45, 2.75) is 232 Å². The summed E-state index contributed by atoms with van der Waals surface area (Å²) < 4.78 is 22.7. The topological polar surface area (TPSA) is 108 Å². The Hall–Kier alpha value is -1.71. The number of carboxylic acid groups (broad SMARTS) is 1. The summed E-state index contributed by atoms with van der Waals surface area (Å²) in [6.45, 7) is 4.88. The Kier molecular flexibility index (Phi) is 37.9. The number of ether oxygens (including phenoxy) is 4. The molecule has 0 aliphatic heterocycles. The van der Waals surface area contributed by atoms with Crippen LogP contribution in [0, 0.1) is 0 Å². The zero-order valence-corrected chi connectivity index (χ0v) is 36.9. The van der Waals surface area contributed by atoms with E-state index in [-0.39, 0.29) is 38.2 Å². The maximum Gasteiger partial charge on any atom is 0.361 e. The fraction of sp³-hybridized carbons (Fsp3) is 0.935. The lowest BCUT2D eigenvalue weighted by molar-refractivity contribution is -0.870. The van der Waals surface area contributed by atoms with Crippen LogP contribution in [0.3, 0.4) is 0 Å². The van der Waals surface area contributed by atoms with E-state index in [1.54, 1.807) is 0 Å². The van der Waals surface area contributed by atoms with Crippen molar-refractivity contribution in [2.75, 3.05) is 47.5 Å². The molecule has 0 amide bonds. The SMILES string of the molecule is CCCCCCCCCCCCCCCCCCCCCCCC(=O)OC(COC(=O)CCCCCCCCCCC)COC(OCC[N+](C)(C)C)C(=O)O. The Morgan fingerprint density at radius 1 is 0.473 bits per heavy atom. The smallest absolute Gasteiger partial charge is 0.361 e. The van der Waals surface area contributed by atoms with Gasteiger partial charge in [0.2, 0.25) is 0 Å². The van der Waals surface area contributed by atoms with Gasteiger partial charge in [0.05, 0.1) is 34.4 Å². The number of hydrogen-bond acceptors (Lipinski definition) is 7. The van der Waals surface area contributed by atoms with Crippen LogP contribution in [0.1, 0.15) is 219 Å². The molecule has 326 valence electrons. The Balaban J connectivity index is 4.26. The van der Waals surface area contributed by atoms with E-state index < -0.39 is 18.4 Å². The summed E-state index contributed by atoms with van der Waals surface area (Å²) in [5, 5.41) is 9.62. The average Bonchev–Trinajstić information content (AvgIpc) is 3.14. The third kappa shape index (κ3) is 40.3. The van der Waals surface area contributed by atoms with Gasteiger partial charge in [-0.1, -0.05) is 194 Å². The van der Waals surface area contributed by atoms with Crippen molar-refractivity contribution in [3.05, 3.63) is 0 Å². The molecule has 0 bridgehead atoms. The number of carbonyl (C=O) groups excluding carboxylic acids is 2. The number of hydrogen-bond donors (Lipinski definition) is 1. The van der Waals surface area contributed by atoms with E-state index in [2.05, 4.69) is 13.8 Å². The molecule has 0 aromatic carbocycles. The predicted octanol–water partition coefficient (Wildman–Crippen LogP) is 12.1. The van der Waals surface area contributed by atoms with Gasteiger partial charge in [-0.25, -0.2) is 4.79 Å². The minimum Gasteiger partial charge on any atom is -0.477 e. The van der Waals surface area contributed by atoms with E-state index in [4.69, 9.17) is 18.9 Å². The van der Waals surface area contributed by atoms with Gasteiger partial charge >= 0.3 is 17.9 Å². The van der Waals surface area contributed by atoms with E-state index >= 15 is 0 Å². The molecular weight excluding hydrogens is 695 g/mol. The molecule has 2 atom stereocenters. The summed E-state index contributed by atoms with van der Waals surface area (Å²) in [5.41, 5.74) is 0. The van der Waals surface area contributed by atoms with Crippen molar-refractivity contribution in [1.29, 1.82) is 0 Å². The zero-order valence-electron chi connectivity index (χ0n) is 36.9. The molecular formula is C46H90NO8+. The lowest BCUT2D eigenvalue weighted by Crippen LogP contribution is -2.40. The molecule has 9 heteroatoms. The van der Waals surface area contributed by atoms with E-state index in [9.17, 15) is 19.5 Å². The second-order valence-electron chi connectivity index (χ2n) is 17.1. The first-order valence-electron chi connectivity index (χ1n) is 23.2. The highest BCUT2D eigenvalue weighted by Crippen LogP contribution is 2.16. The number of carbonyl (C=O) groups is 3. The van der Waals surface area contributed by atoms with Crippen molar-refractivity contribution >= 4 is 17.9 Å². The van der Waals surface area contributed by atoms with Crippen LogP contribution < -0.4 is 0 Å². The van der Waals surface area contributed by atoms with Crippen LogP contribution in [-0.2, 0) is 33.3 Å². The highest BCUT2D eigenvalue weighted by atomic mass is 16.7. The molecule has 0 aromatic heterocycles. The van der Waals surface area contributed by atoms with Gasteiger partial charge in [0.15, 0.2) is 6.10 Å². The van der Waals surface area contributed by atoms with Crippen LogP contribution >= 0.6 is 0 Å². The fourth-order valence-electron chi connectivity index (χ4n) is 6.72. The van der Waals surface area contributed by atoms with Crippen LogP contribution in [0.5, 0.6) is 0 Å². The summed E-state index contributed by atoms with van der Waals surface area (Å²) in [7, 11) is 5.96. The zero-order chi connectivity index (χ0) is 40.7. The molecule has 0 heterocycles. The monoisotopic (exact) mass is 785 g/mol. The van der Waals surface area contributed by atoms with Gasteiger partial charge in [-0.3, -0.25) is 9.59 Å². The standard InChI is InChI=1S/C46H89NO8/c1-6-8-10-12-14-16-17-18-19-20-21-22-23-24-25-26-27-29-31-33-35-37-44(49)55-42(41-54-46(45(50)51)52-39-38-47(3,4)5)40-53-43(48)36-34-32-30-28-15-13-11-9-7-2/h42,46H,6-41H2,1-5H3/p+1. The molecule has 0 saturated heterocycles. The first-order valence-corrected chi connectivity index (χ1v) is 23.2. The van der Waals surface area contributed by atoms with Gasteiger partial charge in [0.1, 0.15) is 13.2 Å². The van der Waals surface area contributed by atoms with Gasteiger partial charge in [0.25, 0.3) is 6.29 Å². The number of unbranched alkanes of at least 4 members (excludes halogenated alkanes) is 28. The number of esters is 2. The summed E-state index contributed by atoms with van der Waals surface area (Å²) in [6.07, 6.45) is 36.0. The maximum atomic E-state index is 12.7. The number of rotatable bonds is 43. The van der Waals surface area contributed by atoms with Crippen LogP contribution in [0.25, 0.3) is 0 Å². The normalized spacial score (nSPS) is 12.8. The van der Waals surface area contributed by atoms with Crippen molar-refractivity contribution < 1.29 is 42.9 Å². The number of nitrogens with zero attached hydrogens (tertiary/aromatic N) is 1. The third-order valence-electron chi connectivity index (χ3n) is 10.4. The van der Waals surface area contributed by atoms with Gasteiger partial charge < -0.3 is 28.5 Å². The minimum atomic E-state index is -1.50. The largest absolute Gasteiger partial charge is 0.477 e. The highest BCUT2D eigenvalue weighted by Gasteiger charge is 2.25. The van der Waals surface area contributed by atoms with Gasteiger partial charge in [-0.2, -0.15) is 0 Å². The lowest BCUT2D eigenvalue weighted by Gasteiger charge is -2.25. The molecule has 0 aliphatic carbocycles. The van der Waals surface area contributed by atoms with Crippen LogP contribution in [0.15, 0.2) is 0 Å². The molecule has 0 fully saturated rings. The first-order chi connectivity index (χ1) is 26.6. The second kappa shape index (κ2) is 39.1. The Labute approximate surface area is 339 Å². The van der Waals surface area contributed by atoms with Gasteiger partial charge in [-0.15, -0.1) is 0 Å². The number of aliphatic carboxylic acids is 1. The van der Waals surface area contributed by atoms with Crippen LogP contribution in [0.4, 0.5) is 0 Å². The fourth-order valence-corrected chi connectivity index (χ4v) is 6.72. The second-order valence-corrected chi connectivity index (χ2v) is 17.1. The minimum absolute atomic E-state index is 0.174. The molecule has 2 unspecified atom stereocenters. The van der Waals surface area contributed by atoms with E-state index in [1.165, 1.54) is 154 Å². The number of likely N-dealkylation sites (N-methyl/N-ethyl adjacent to an activating group) is 1. The van der Waals surface area contributed by atoms with Crippen molar-refractivity contribution in [2.24, 2.45) is 0 Å². The first kappa shape index (κ1) is 53.3. The molecule has 0 spiro atoms. The third-order valence-corrected chi connectivity index (χ3v) is 10.4. The summed E-state index contributed by atoms with van der Waals surface area (Å²) >= 11 is 0. The number of quaternary nitrogens is 1. The van der Waals surface area contributed by atoms with E-state index in [0.717, 1.165) is 38.5 Å². The molecule has 0 rings (SSSR count). The van der Waals surface area contributed by atoms with Gasteiger partial charge in [-0.05, 0) is 12.8 Å². The Bertz CT molecular complexity index is 876. The Morgan fingerprint density at radius 3 is 1.16 bits per heavy atom. The maximum absolute atomic E-state index is 12.7. The predicted molar refractivity (Wildman–Crippen MR) is 226 cm³/mol. The molecule has 0 aliphatic rings. The summed E-state index contributed by atoms with van der Waals surface area (Å²) in [4.78, 5) is 37.0. The van der Waals surface area contributed by atoms with Gasteiger partial charge in [0, 0.05) is 12.8 Å². The van der Waals surface area contributed by atoms with Crippen LogP contribution in [-0.4, -0.2) is 87.4 Å². The molecule has 9 nitrogen and oxygen atoms in total. The van der Waals surface area contributed by atoms with E-state index in [0.29, 0.717) is 17.4 Å². The molecule has 55 heavy (non-hydrogen) atoms. The Morgan fingerprint density at radius 2 is 0.818 bits per heavy atom. The molecule has 0 radical (unpaired) electrons. The van der Waals surface area contributed by atoms with Crippen LogP contribution in [0.2, 0.25) is 0 Å².